The Kier molecular flexibility index (Phi) is 4.29. The molecule has 0 N–H and O–H groups in total. The standard InChI is InChI=1S/C21H16N2O5/c1-22-18-6-4-3-5-16(18)19-17(21(24)28-27-2)12-11-15(20(19)22)13-7-9-14(10-8-13)23(25)26/h3-12H,1-2H3. The van der Waals surface area contributed by atoms with Gasteiger partial charge in [0.05, 0.1) is 23.1 Å². The minimum atomic E-state index is -0.584. The average Bonchev–Trinajstić information content (AvgIpc) is 3.01. The van der Waals surface area contributed by atoms with Gasteiger partial charge in [-0.25, -0.2) is 4.79 Å². The largest absolute Gasteiger partial charge is 0.373 e. The topological polar surface area (TPSA) is 83.6 Å². The highest BCUT2D eigenvalue weighted by Gasteiger charge is 2.21. The predicted octanol–water partition coefficient (Wildman–Crippen LogP) is 4.62. The SMILES string of the molecule is COOC(=O)c1ccc(-c2ccc([N+](=O)[O-])cc2)c2c1c1ccccc1n2C. The van der Waals surface area contributed by atoms with Gasteiger partial charge in [-0.15, -0.1) is 0 Å². The van der Waals surface area contributed by atoms with Crippen LogP contribution in [0.15, 0.2) is 60.7 Å². The first kappa shape index (κ1) is 17.7. The van der Waals surface area contributed by atoms with Crippen molar-refractivity contribution in [1.29, 1.82) is 0 Å². The molecule has 7 nitrogen and oxygen atoms in total. The molecule has 1 aromatic heterocycles. The second-order valence-electron chi connectivity index (χ2n) is 6.30. The molecule has 1 heterocycles. The molecule has 7 heteroatoms. The Hall–Kier alpha value is -3.71. The number of carbonyl (C=O) groups is 1. The summed E-state index contributed by atoms with van der Waals surface area (Å²) in [5.41, 5.74) is 3.88. The van der Waals surface area contributed by atoms with Gasteiger partial charge in [-0.1, -0.05) is 24.3 Å². The summed E-state index contributed by atoms with van der Waals surface area (Å²) in [5, 5.41) is 12.6. The van der Waals surface area contributed by atoms with Crippen molar-refractivity contribution in [2.24, 2.45) is 7.05 Å². The van der Waals surface area contributed by atoms with Crippen molar-refractivity contribution in [2.75, 3.05) is 7.11 Å². The van der Waals surface area contributed by atoms with E-state index in [1.54, 1.807) is 18.2 Å². The highest BCUT2D eigenvalue weighted by Crippen LogP contribution is 2.38. The molecule has 0 saturated heterocycles. The van der Waals surface area contributed by atoms with Crippen LogP contribution in [-0.4, -0.2) is 22.6 Å². The molecule has 0 bridgehead atoms. The van der Waals surface area contributed by atoms with E-state index in [1.165, 1.54) is 19.2 Å². The molecule has 0 saturated carbocycles. The van der Waals surface area contributed by atoms with Crippen LogP contribution in [0.4, 0.5) is 5.69 Å². The van der Waals surface area contributed by atoms with Crippen LogP contribution in [0.5, 0.6) is 0 Å². The maximum atomic E-state index is 12.4. The van der Waals surface area contributed by atoms with E-state index in [9.17, 15) is 14.9 Å². The Morgan fingerprint density at radius 1 is 1.04 bits per heavy atom. The first-order chi connectivity index (χ1) is 13.5. The number of nitro groups is 1. The monoisotopic (exact) mass is 376 g/mol. The van der Waals surface area contributed by atoms with Crippen molar-refractivity contribution in [3.05, 3.63) is 76.3 Å². The van der Waals surface area contributed by atoms with E-state index in [1.807, 2.05) is 41.9 Å². The Morgan fingerprint density at radius 2 is 1.75 bits per heavy atom. The third kappa shape index (κ3) is 2.69. The number of aryl methyl sites for hydroxylation is 1. The molecule has 0 radical (unpaired) electrons. The lowest BCUT2D eigenvalue weighted by Gasteiger charge is -2.10. The lowest BCUT2D eigenvalue weighted by Crippen LogP contribution is -2.05. The van der Waals surface area contributed by atoms with Crippen LogP contribution < -0.4 is 0 Å². The summed E-state index contributed by atoms with van der Waals surface area (Å²) in [6, 6.07) is 17.6. The van der Waals surface area contributed by atoms with Crippen LogP contribution in [0.3, 0.4) is 0 Å². The van der Waals surface area contributed by atoms with Crippen LogP contribution >= 0.6 is 0 Å². The molecule has 0 aliphatic rings. The molecule has 0 spiro atoms. The van der Waals surface area contributed by atoms with Crippen molar-refractivity contribution in [2.45, 2.75) is 0 Å². The zero-order valence-electron chi connectivity index (χ0n) is 15.2. The molecular formula is C21H16N2O5. The van der Waals surface area contributed by atoms with Crippen LogP contribution in [0.25, 0.3) is 32.9 Å². The molecule has 0 amide bonds. The van der Waals surface area contributed by atoms with Gasteiger partial charge in [0, 0.05) is 41.0 Å². The first-order valence-corrected chi connectivity index (χ1v) is 8.53. The van der Waals surface area contributed by atoms with Crippen LogP contribution in [0.2, 0.25) is 0 Å². The van der Waals surface area contributed by atoms with E-state index >= 15 is 0 Å². The number of carbonyl (C=O) groups excluding carboxylic acids is 1. The maximum absolute atomic E-state index is 12.4. The van der Waals surface area contributed by atoms with Crippen molar-refractivity contribution >= 4 is 33.5 Å². The molecule has 3 aromatic carbocycles. The Labute approximate surface area is 159 Å². The number of hydrogen-bond acceptors (Lipinski definition) is 5. The maximum Gasteiger partial charge on any atom is 0.373 e. The lowest BCUT2D eigenvalue weighted by molar-refractivity contribution is -0.384. The Bertz CT molecular complexity index is 1230. The second kappa shape index (κ2) is 6.79. The number of nitrogens with zero attached hydrogens (tertiary/aromatic N) is 2. The van der Waals surface area contributed by atoms with Crippen LogP contribution in [0, 0.1) is 10.1 Å². The van der Waals surface area contributed by atoms with Crippen LogP contribution in [-0.2, 0) is 16.8 Å². The highest BCUT2D eigenvalue weighted by molar-refractivity contribution is 6.20. The van der Waals surface area contributed by atoms with Gasteiger partial charge in [0.2, 0.25) is 0 Å². The van der Waals surface area contributed by atoms with Gasteiger partial charge in [0.15, 0.2) is 0 Å². The van der Waals surface area contributed by atoms with Gasteiger partial charge in [-0.05, 0) is 29.8 Å². The average molecular weight is 376 g/mol. The molecule has 0 aliphatic carbocycles. The number of para-hydroxylation sites is 1. The summed E-state index contributed by atoms with van der Waals surface area (Å²) in [5.74, 6) is -0.584. The van der Waals surface area contributed by atoms with E-state index in [0.29, 0.717) is 5.56 Å². The summed E-state index contributed by atoms with van der Waals surface area (Å²) in [6.07, 6.45) is 0. The molecule has 28 heavy (non-hydrogen) atoms. The Morgan fingerprint density at radius 3 is 2.43 bits per heavy atom. The summed E-state index contributed by atoms with van der Waals surface area (Å²) >= 11 is 0. The van der Waals surface area contributed by atoms with E-state index in [4.69, 9.17) is 4.89 Å². The summed E-state index contributed by atoms with van der Waals surface area (Å²) < 4.78 is 2.00. The van der Waals surface area contributed by atoms with E-state index in [0.717, 1.165) is 32.9 Å². The summed E-state index contributed by atoms with van der Waals surface area (Å²) in [4.78, 5) is 32.3. The van der Waals surface area contributed by atoms with Gasteiger partial charge in [0.1, 0.15) is 0 Å². The number of fused-ring (bicyclic) bond motifs is 3. The molecule has 0 atom stereocenters. The quantitative estimate of drug-likeness (QED) is 0.295. The normalized spacial score (nSPS) is 11.1. The van der Waals surface area contributed by atoms with Crippen molar-refractivity contribution in [1.82, 2.24) is 4.57 Å². The number of rotatable bonds is 4. The fourth-order valence-electron chi connectivity index (χ4n) is 3.60. The first-order valence-electron chi connectivity index (χ1n) is 8.53. The number of non-ortho nitro benzene ring substituents is 1. The smallest absolute Gasteiger partial charge is 0.343 e. The fraction of sp³-hybridized carbons (Fsp3) is 0.0952. The van der Waals surface area contributed by atoms with Crippen molar-refractivity contribution in [3.8, 4) is 11.1 Å². The lowest BCUT2D eigenvalue weighted by atomic mass is 9.98. The molecule has 140 valence electrons. The molecule has 4 rings (SSSR count). The summed E-state index contributed by atoms with van der Waals surface area (Å²) in [7, 11) is 3.20. The second-order valence-corrected chi connectivity index (χ2v) is 6.30. The van der Waals surface area contributed by atoms with E-state index < -0.39 is 10.9 Å². The fourth-order valence-corrected chi connectivity index (χ4v) is 3.60. The zero-order chi connectivity index (χ0) is 19.8. The Balaban J connectivity index is 2.05. The number of aromatic nitrogens is 1. The van der Waals surface area contributed by atoms with Crippen LogP contribution in [0.1, 0.15) is 10.4 Å². The third-order valence-corrected chi connectivity index (χ3v) is 4.82. The van der Waals surface area contributed by atoms with E-state index in [-0.39, 0.29) is 5.69 Å². The highest BCUT2D eigenvalue weighted by atomic mass is 17.2. The van der Waals surface area contributed by atoms with Gasteiger partial charge >= 0.3 is 5.97 Å². The van der Waals surface area contributed by atoms with Gasteiger partial charge in [-0.3, -0.25) is 15.0 Å². The number of nitro benzene ring substituents is 1. The summed E-state index contributed by atoms with van der Waals surface area (Å²) in [6.45, 7) is 0. The molecular weight excluding hydrogens is 360 g/mol. The van der Waals surface area contributed by atoms with Gasteiger partial charge in [0.25, 0.3) is 5.69 Å². The minimum Gasteiger partial charge on any atom is -0.343 e. The minimum absolute atomic E-state index is 0.0253. The van der Waals surface area contributed by atoms with Gasteiger partial charge < -0.3 is 4.57 Å². The molecule has 0 unspecified atom stereocenters. The molecule has 0 fully saturated rings. The zero-order valence-corrected chi connectivity index (χ0v) is 15.2. The molecule has 0 aliphatic heterocycles. The van der Waals surface area contributed by atoms with E-state index in [2.05, 4.69) is 4.89 Å². The van der Waals surface area contributed by atoms with Gasteiger partial charge in [-0.2, -0.15) is 4.89 Å². The third-order valence-electron chi connectivity index (χ3n) is 4.82. The number of hydrogen-bond donors (Lipinski definition) is 0. The van der Waals surface area contributed by atoms with Crippen molar-refractivity contribution < 1.29 is 19.5 Å². The van der Waals surface area contributed by atoms with Crippen molar-refractivity contribution in [3.63, 3.8) is 0 Å². The number of benzene rings is 3. The predicted molar refractivity (Wildman–Crippen MR) is 105 cm³/mol. The molecule has 4 aromatic rings.